The lowest BCUT2D eigenvalue weighted by Crippen LogP contribution is -2.22. The molecule has 0 atom stereocenters. The predicted octanol–water partition coefficient (Wildman–Crippen LogP) is 0.344. The van der Waals surface area contributed by atoms with E-state index in [1.54, 1.807) is 0 Å². The Balaban J connectivity index is 3.21. The van der Waals surface area contributed by atoms with Crippen molar-refractivity contribution in [3.8, 4) is 0 Å². The highest BCUT2D eigenvalue weighted by atomic mass is 35.5. The zero-order chi connectivity index (χ0) is 10.7. The van der Waals surface area contributed by atoms with Crippen LogP contribution in [0.25, 0.3) is 0 Å². The highest BCUT2D eigenvalue weighted by molar-refractivity contribution is 6.32. The van der Waals surface area contributed by atoms with Crippen molar-refractivity contribution >= 4 is 29.1 Å². The number of halogens is 1. The Kier molecular flexibility index (Phi) is 2.77. The minimum atomic E-state index is -0.756. The molecular weight excluding hydrogens is 212 g/mol. The topological polar surface area (TPSA) is 131 Å². The van der Waals surface area contributed by atoms with Crippen LogP contribution in [-0.4, -0.2) is 20.9 Å². The van der Waals surface area contributed by atoms with Crippen molar-refractivity contribution in [3.63, 3.8) is 0 Å². The van der Waals surface area contributed by atoms with Gasteiger partial charge in [0.25, 0.3) is 0 Å². The molecule has 74 valence electrons. The molecule has 1 heterocycles. The van der Waals surface area contributed by atoms with Crippen molar-refractivity contribution in [2.24, 2.45) is 5.73 Å². The van der Waals surface area contributed by atoms with E-state index < -0.39 is 16.6 Å². The van der Waals surface area contributed by atoms with Gasteiger partial charge in [-0.25, -0.2) is 9.97 Å². The van der Waals surface area contributed by atoms with Crippen LogP contribution in [-0.2, 0) is 0 Å². The summed E-state index contributed by atoms with van der Waals surface area (Å²) < 4.78 is 0. The summed E-state index contributed by atoms with van der Waals surface area (Å²) in [5.74, 6) is -0.676. The lowest BCUT2D eigenvalue weighted by Gasteiger charge is -2.02. The molecule has 9 heteroatoms. The third-order valence-corrected chi connectivity index (χ3v) is 1.49. The summed E-state index contributed by atoms with van der Waals surface area (Å²) in [4.78, 5) is 16.7. The molecule has 0 unspecified atom stereocenters. The van der Waals surface area contributed by atoms with Gasteiger partial charge in [-0.05, 0) is 0 Å². The van der Waals surface area contributed by atoms with Gasteiger partial charge in [0.05, 0.1) is 4.92 Å². The number of rotatable bonds is 2. The van der Waals surface area contributed by atoms with Crippen molar-refractivity contribution in [1.82, 2.24) is 9.97 Å². The van der Waals surface area contributed by atoms with Gasteiger partial charge in [-0.2, -0.15) is 0 Å². The van der Waals surface area contributed by atoms with Crippen LogP contribution in [0.15, 0.2) is 6.33 Å². The summed E-state index contributed by atoms with van der Waals surface area (Å²) in [7, 11) is 0. The van der Waals surface area contributed by atoms with Crippen molar-refractivity contribution in [2.75, 3.05) is 5.32 Å². The highest BCUT2D eigenvalue weighted by Crippen LogP contribution is 2.27. The Labute approximate surface area is 82.8 Å². The zero-order valence-corrected chi connectivity index (χ0v) is 7.45. The first-order chi connectivity index (χ1) is 6.52. The van der Waals surface area contributed by atoms with Crippen molar-refractivity contribution < 1.29 is 4.92 Å². The van der Waals surface area contributed by atoms with Gasteiger partial charge in [-0.15, -0.1) is 0 Å². The van der Waals surface area contributed by atoms with E-state index >= 15 is 0 Å². The average Bonchev–Trinajstić information content (AvgIpc) is 2.01. The van der Waals surface area contributed by atoms with Crippen LogP contribution in [0.2, 0.25) is 5.15 Å². The maximum absolute atomic E-state index is 10.5. The van der Waals surface area contributed by atoms with E-state index in [1.165, 1.54) is 0 Å². The van der Waals surface area contributed by atoms with Gasteiger partial charge in [0.2, 0.25) is 11.0 Å². The standard InChI is InChI=1S/C5H5ClN6O2/c6-3-2(12(13)14)4(10-1-9-3)11-5(7)8/h1H,(H4,7,8,9,10,11). The van der Waals surface area contributed by atoms with E-state index in [4.69, 9.17) is 22.7 Å². The van der Waals surface area contributed by atoms with Crippen LogP contribution in [0.4, 0.5) is 11.5 Å². The zero-order valence-electron chi connectivity index (χ0n) is 6.69. The monoisotopic (exact) mass is 216 g/mol. The van der Waals surface area contributed by atoms with E-state index in [-0.39, 0.29) is 11.0 Å². The van der Waals surface area contributed by atoms with E-state index in [0.717, 1.165) is 6.33 Å². The third-order valence-electron chi connectivity index (χ3n) is 1.21. The molecular formula is C5H5ClN6O2. The predicted molar refractivity (Wildman–Crippen MR) is 49.2 cm³/mol. The number of nitrogens with one attached hydrogen (secondary N) is 2. The number of guanidine groups is 1. The lowest BCUT2D eigenvalue weighted by molar-refractivity contribution is -0.384. The fraction of sp³-hybridized carbons (Fsp3) is 0. The smallest absolute Gasteiger partial charge is 0.348 e. The van der Waals surface area contributed by atoms with Gasteiger partial charge in [-0.1, -0.05) is 11.6 Å². The Hall–Kier alpha value is -1.96. The summed E-state index contributed by atoms with van der Waals surface area (Å²) in [6.45, 7) is 0. The van der Waals surface area contributed by atoms with Crippen LogP contribution < -0.4 is 11.1 Å². The van der Waals surface area contributed by atoms with E-state index in [2.05, 4.69) is 15.3 Å². The highest BCUT2D eigenvalue weighted by Gasteiger charge is 2.21. The first-order valence-corrected chi connectivity index (χ1v) is 3.66. The Morgan fingerprint density at radius 2 is 2.36 bits per heavy atom. The van der Waals surface area contributed by atoms with Crippen LogP contribution in [0.1, 0.15) is 0 Å². The molecule has 1 aromatic heterocycles. The van der Waals surface area contributed by atoms with E-state index in [0.29, 0.717) is 0 Å². The van der Waals surface area contributed by atoms with Crippen molar-refractivity contribution in [2.45, 2.75) is 0 Å². The second-order valence-corrected chi connectivity index (χ2v) is 2.52. The molecule has 1 rings (SSSR count). The Morgan fingerprint density at radius 3 is 2.86 bits per heavy atom. The fourth-order valence-electron chi connectivity index (χ4n) is 0.738. The maximum Gasteiger partial charge on any atom is 0.348 e. The molecule has 8 nitrogen and oxygen atoms in total. The molecule has 4 N–H and O–H groups in total. The Morgan fingerprint density at radius 1 is 1.71 bits per heavy atom. The summed E-state index contributed by atoms with van der Waals surface area (Å²) >= 11 is 5.46. The fourth-order valence-corrected chi connectivity index (χ4v) is 0.940. The van der Waals surface area contributed by atoms with Crippen LogP contribution in [0, 0.1) is 15.5 Å². The van der Waals surface area contributed by atoms with Gasteiger partial charge >= 0.3 is 5.69 Å². The van der Waals surface area contributed by atoms with Crippen LogP contribution in [0.5, 0.6) is 0 Å². The molecule has 0 spiro atoms. The summed E-state index contributed by atoms with van der Waals surface area (Å²) in [5.41, 5.74) is 4.48. The molecule has 1 aromatic rings. The second-order valence-electron chi connectivity index (χ2n) is 2.16. The first-order valence-electron chi connectivity index (χ1n) is 3.28. The molecule has 0 saturated heterocycles. The molecule has 0 amide bonds. The number of nitrogens with zero attached hydrogens (tertiary/aromatic N) is 3. The molecule has 14 heavy (non-hydrogen) atoms. The van der Waals surface area contributed by atoms with Gasteiger partial charge in [-0.3, -0.25) is 15.5 Å². The average molecular weight is 217 g/mol. The lowest BCUT2D eigenvalue weighted by atomic mass is 10.5. The number of hydrogen-bond donors (Lipinski definition) is 3. The molecule has 0 aliphatic carbocycles. The van der Waals surface area contributed by atoms with Crippen molar-refractivity contribution in [3.05, 3.63) is 21.6 Å². The normalized spacial score (nSPS) is 9.50. The minimum absolute atomic E-state index is 0.206. The van der Waals surface area contributed by atoms with Gasteiger partial charge in [0.15, 0.2) is 5.96 Å². The molecule has 0 bridgehead atoms. The van der Waals surface area contributed by atoms with Crippen molar-refractivity contribution in [1.29, 1.82) is 5.41 Å². The van der Waals surface area contributed by atoms with Gasteiger partial charge < -0.3 is 11.1 Å². The van der Waals surface area contributed by atoms with Gasteiger partial charge in [0, 0.05) is 0 Å². The molecule has 0 saturated carbocycles. The molecule has 0 aliphatic rings. The molecule has 0 fully saturated rings. The number of nitrogens with two attached hydrogens (primary N) is 1. The first kappa shape index (κ1) is 10.1. The Bertz CT molecular complexity index is 394. The maximum atomic E-state index is 10.5. The molecule has 0 aromatic carbocycles. The quantitative estimate of drug-likeness (QED) is 0.215. The third kappa shape index (κ3) is 2.04. The number of aromatic nitrogens is 2. The minimum Gasteiger partial charge on any atom is -0.370 e. The largest absolute Gasteiger partial charge is 0.370 e. The van der Waals surface area contributed by atoms with E-state index in [9.17, 15) is 10.1 Å². The second kappa shape index (κ2) is 3.83. The summed E-state index contributed by atoms with van der Waals surface area (Å²) in [6, 6.07) is 0. The van der Waals surface area contributed by atoms with Crippen LogP contribution >= 0.6 is 11.6 Å². The molecule has 0 aliphatic heterocycles. The van der Waals surface area contributed by atoms with E-state index in [1.807, 2.05) is 0 Å². The number of nitro groups is 1. The van der Waals surface area contributed by atoms with Crippen LogP contribution in [0.3, 0.4) is 0 Å². The SMILES string of the molecule is N=C(N)Nc1ncnc(Cl)c1[N+](=O)[O-]. The summed E-state index contributed by atoms with van der Waals surface area (Å²) in [5, 5.41) is 19.3. The number of anilines is 1. The number of hydrogen-bond acceptors (Lipinski definition) is 5. The molecule has 0 radical (unpaired) electrons. The summed E-state index contributed by atoms with van der Waals surface area (Å²) in [6.07, 6.45) is 1.03. The van der Waals surface area contributed by atoms with Gasteiger partial charge in [0.1, 0.15) is 6.33 Å².